The van der Waals surface area contributed by atoms with Crippen molar-refractivity contribution in [1.29, 1.82) is 0 Å². The van der Waals surface area contributed by atoms with Crippen LogP contribution < -0.4 is 0 Å². The molecule has 13 heavy (non-hydrogen) atoms. The van der Waals surface area contributed by atoms with E-state index in [1.807, 2.05) is 0 Å². The third-order valence-corrected chi connectivity index (χ3v) is 6.09. The highest BCUT2D eigenvalue weighted by atomic mass is 79.9. The van der Waals surface area contributed by atoms with Crippen molar-refractivity contribution in [3.8, 4) is 0 Å². The molecule has 0 fully saturated rings. The lowest BCUT2D eigenvalue weighted by Gasteiger charge is -2.34. The zero-order valence-corrected chi connectivity index (χ0v) is 11.2. The molecule has 0 aliphatic heterocycles. The average Bonchev–Trinajstić information content (AvgIpc) is 1.81. The van der Waals surface area contributed by atoms with E-state index in [2.05, 4.69) is 15.9 Å². The molecule has 2 atom stereocenters. The lowest BCUT2D eigenvalue weighted by Crippen LogP contribution is -2.45. The SMILES string of the molecule is CC(C)(C)[C@H](O)[C@](Cl)(Br)S(C)(=O)=O. The molecule has 3 nitrogen and oxygen atoms in total. The van der Waals surface area contributed by atoms with E-state index in [9.17, 15) is 13.5 Å². The molecule has 0 unspecified atom stereocenters. The highest BCUT2D eigenvalue weighted by Crippen LogP contribution is 2.41. The number of aliphatic hydroxyl groups is 1. The van der Waals surface area contributed by atoms with Crippen LogP contribution >= 0.6 is 27.5 Å². The summed E-state index contributed by atoms with van der Waals surface area (Å²) in [7, 11) is -3.55. The summed E-state index contributed by atoms with van der Waals surface area (Å²) in [4.78, 5) is 0. The van der Waals surface area contributed by atoms with Crippen LogP contribution in [-0.4, -0.2) is 29.0 Å². The van der Waals surface area contributed by atoms with Gasteiger partial charge < -0.3 is 5.11 Å². The number of rotatable bonds is 2. The number of aliphatic hydroxyl groups excluding tert-OH is 1. The minimum Gasteiger partial charge on any atom is -0.389 e. The molecule has 6 heteroatoms. The molecule has 0 aliphatic rings. The predicted octanol–water partition coefficient (Wildman–Crippen LogP) is 1.73. The predicted molar refractivity (Wildman–Crippen MR) is 57.8 cm³/mol. The minimum absolute atomic E-state index is 0.603. The van der Waals surface area contributed by atoms with E-state index < -0.39 is 24.5 Å². The van der Waals surface area contributed by atoms with Crippen LogP contribution in [0.5, 0.6) is 0 Å². The van der Waals surface area contributed by atoms with E-state index in [-0.39, 0.29) is 0 Å². The van der Waals surface area contributed by atoms with Crippen molar-refractivity contribution in [2.24, 2.45) is 5.41 Å². The van der Waals surface area contributed by atoms with Gasteiger partial charge in [-0.05, 0) is 21.3 Å². The average molecular weight is 294 g/mol. The molecular formula is C7H14BrClO3S. The summed E-state index contributed by atoms with van der Waals surface area (Å²) in [6.45, 7) is 5.13. The van der Waals surface area contributed by atoms with Crippen LogP contribution in [-0.2, 0) is 9.84 Å². The summed E-state index contributed by atoms with van der Waals surface area (Å²) in [5, 5.41) is 9.69. The van der Waals surface area contributed by atoms with Crippen molar-refractivity contribution in [1.82, 2.24) is 0 Å². The van der Waals surface area contributed by atoms with Crippen molar-refractivity contribution in [2.45, 2.75) is 30.0 Å². The van der Waals surface area contributed by atoms with Gasteiger partial charge in [-0.3, -0.25) is 0 Å². The van der Waals surface area contributed by atoms with E-state index in [0.717, 1.165) is 6.26 Å². The Kier molecular flexibility index (Phi) is 3.87. The molecule has 0 aliphatic carbocycles. The first-order valence-electron chi connectivity index (χ1n) is 3.66. The highest BCUT2D eigenvalue weighted by molar-refractivity contribution is 9.12. The summed E-state index contributed by atoms with van der Waals surface area (Å²) in [5.74, 6) is 0. The third kappa shape index (κ3) is 3.08. The fourth-order valence-electron chi connectivity index (χ4n) is 0.707. The van der Waals surface area contributed by atoms with E-state index >= 15 is 0 Å². The van der Waals surface area contributed by atoms with Gasteiger partial charge in [0.15, 0.2) is 9.84 Å². The summed E-state index contributed by atoms with van der Waals surface area (Å²) < 4.78 is 20.6. The quantitative estimate of drug-likeness (QED) is 0.789. The lowest BCUT2D eigenvalue weighted by atomic mass is 9.90. The Morgan fingerprint density at radius 2 is 1.69 bits per heavy atom. The number of sulfone groups is 1. The molecule has 0 amide bonds. The van der Waals surface area contributed by atoms with Crippen molar-refractivity contribution in [3.05, 3.63) is 0 Å². The van der Waals surface area contributed by atoms with Crippen LogP contribution in [0.1, 0.15) is 20.8 Å². The second-order valence-corrected chi connectivity index (χ2v) is 9.34. The van der Waals surface area contributed by atoms with Gasteiger partial charge in [0.25, 0.3) is 0 Å². The summed E-state index contributed by atoms with van der Waals surface area (Å²) in [6, 6.07) is 0. The van der Waals surface area contributed by atoms with Gasteiger partial charge in [0.2, 0.25) is 3.12 Å². The zero-order chi connectivity index (χ0) is 11.1. The van der Waals surface area contributed by atoms with E-state index in [0.29, 0.717) is 0 Å². The summed E-state index contributed by atoms with van der Waals surface area (Å²) in [5.41, 5.74) is -0.603. The molecule has 0 heterocycles. The monoisotopic (exact) mass is 292 g/mol. The van der Waals surface area contributed by atoms with Crippen LogP contribution in [0.4, 0.5) is 0 Å². The molecule has 0 rings (SSSR count). The van der Waals surface area contributed by atoms with Gasteiger partial charge in [-0.1, -0.05) is 32.4 Å². The Morgan fingerprint density at radius 1 is 1.38 bits per heavy atom. The second kappa shape index (κ2) is 3.68. The maximum Gasteiger partial charge on any atom is 0.225 e. The summed E-state index contributed by atoms with van der Waals surface area (Å²) >= 11 is 8.56. The Hall–Kier alpha value is 0.680. The zero-order valence-electron chi connectivity index (χ0n) is 8.01. The molecule has 0 saturated carbocycles. The first kappa shape index (κ1) is 13.7. The Morgan fingerprint density at radius 3 is 1.77 bits per heavy atom. The topological polar surface area (TPSA) is 54.4 Å². The summed E-state index contributed by atoms with van der Waals surface area (Å²) in [6.07, 6.45) is -0.208. The third-order valence-electron chi connectivity index (χ3n) is 1.63. The molecule has 1 N–H and O–H groups in total. The van der Waals surface area contributed by atoms with E-state index in [4.69, 9.17) is 11.6 Å². The fourth-order valence-corrected chi connectivity index (χ4v) is 2.48. The first-order chi connectivity index (χ1) is 5.40. The normalized spacial score (nSPS) is 20.8. The van der Waals surface area contributed by atoms with Gasteiger partial charge in [0.1, 0.15) is 6.10 Å². The Bertz CT molecular complexity index is 279. The maximum absolute atomic E-state index is 11.2. The number of alkyl halides is 2. The smallest absolute Gasteiger partial charge is 0.225 e. The van der Waals surface area contributed by atoms with Crippen LogP contribution in [0, 0.1) is 5.41 Å². The van der Waals surface area contributed by atoms with Crippen LogP contribution in [0.15, 0.2) is 0 Å². The fraction of sp³-hybridized carbons (Fsp3) is 1.00. The van der Waals surface area contributed by atoms with Crippen LogP contribution in [0.2, 0.25) is 0 Å². The largest absolute Gasteiger partial charge is 0.389 e. The van der Waals surface area contributed by atoms with Crippen molar-refractivity contribution in [3.63, 3.8) is 0 Å². The molecule has 0 spiro atoms. The van der Waals surface area contributed by atoms with Gasteiger partial charge in [0, 0.05) is 6.26 Å². The van der Waals surface area contributed by atoms with E-state index in [1.165, 1.54) is 0 Å². The van der Waals surface area contributed by atoms with Gasteiger partial charge in [0.05, 0.1) is 0 Å². The minimum atomic E-state index is -3.55. The second-order valence-electron chi connectivity index (χ2n) is 4.10. The van der Waals surface area contributed by atoms with Crippen molar-refractivity contribution in [2.75, 3.05) is 6.26 Å². The molecule has 0 aromatic carbocycles. The molecule has 0 saturated heterocycles. The van der Waals surface area contributed by atoms with Gasteiger partial charge in [-0.2, -0.15) is 0 Å². The molecule has 0 aromatic rings. The number of hydrogen-bond acceptors (Lipinski definition) is 3. The van der Waals surface area contributed by atoms with Crippen LogP contribution in [0.25, 0.3) is 0 Å². The standard InChI is InChI=1S/C7H14BrClO3S/c1-6(2,3)5(10)7(8,9)13(4,11)12/h5,10H,1-4H3/t5-,7+/m0/s1. The number of hydrogen-bond donors (Lipinski definition) is 1. The Labute approximate surface area is 92.5 Å². The van der Waals surface area contributed by atoms with E-state index in [1.54, 1.807) is 20.8 Å². The van der Waals surface area contributed by atoms with Crippen LogP contribution in [0.3, 0.4) is 0 Å². The van der Waals surface area contributed by atoms with Crippen molar-refractivity contribution < 1.29 is 13.5 Å². The lowest BCUT2D eigenvalue weighted by molar-refractivity contribution is 0.0693. The molecule has 0 bridgehead atoms. The molecule has 80 valence electrons. The molecule has 0 aromatic heterocycles. The van der Waals surface area contributed by atoms with Gasteiger partial charge in [-0.25, -0.2) is 8.42 Å². The Balaban J connectivity index is 5.09. The van der Waals surface area contributed by atoms with Crippen molar-refractivity contribution >= 4 is 37.4 Å². The molecular weight excluding hydrogens is 279 g/mol. The van der Waals surface area contributed by atoms with Gasteiger partial charge in [-0.15, -0.1) is 0 Å². The maximum atomic E-state index is 11.2. The molecule has 0 radical (unpaired) electrons. The highest BCUT2D eigenvalue weighted by Gasteiger charge is 2.48. The number of halogens is 2. The van der Waals surface area contributed by atoms with Gasteiger partial charge >= 0.3 is 0 Å². The first-order valence-corrected chi connectivity index (χ1v) is 6.72.